The topological polar surface area (TPSA) is 101 Å². The molecule has 0 radical (unpaired) electrons. The number of benzene rings is 1. The number of hydrogen-bond acceptors (Lipinski definition) is 7. The third-order valence-corrected chi connectivity index (χ3v) is 6.53. The van der Waals surface area contributed by atoms with Gasteiger partial charge in [0, 0.05) is 35.3 Å². The molecule has 4 aromatic rings. The van der Waals surface area contributed by atoms with E-state index in [2.05, 4.69) is 20.4 Å². The van der Waals surface area contributed by atoms with Crippen LogP contribution in [0.3, 0.4) is 0 Å². The normalized spacial score (nSPS) is 17.9. The van der Waals surface area contributed by atoms with Gasteiger partial charge in [-0.05, 0) is 60.9 Å². The van der Waals surface area contributed by atoms with Gasteiger partial charge in [-0.15, -0.1) is 5.10 Å². The molecule has 0 spiro atoms. The van der Waals surface area contributed by atoms with E-state index in [1.54, 1.807) is 25.4 Å². The van der Waals surface area contributed by atoms with E-state index in [1.165, 1.54) is 6.21 Å². The van der Waals surface area contributed by atoms with Crippen molar-refractivity contribution in [1.82, 2.24) is 9.38 Å². The molecule has 1 aliphatic rings. The smallest absolute Gasteiger partial charge is 0.414 e. The number of rotatable bonds is 8. The predicted octanol–water partition coefficient (Wildman–Crippen LogP) is 5.77. The summed E-state index contributed by atoms with van der Waals surface area (Å²) >= 11 is 0. The Morgan fingerprint density at radius 2 is 2.00 bits per heavy atom. The van der Waals surface area contributed by atoms with Crippen LogP contribution in [0.15, 0.2) is 76.4 Å². The molecule has 1 N–H and O–H groups in total. The second kappa shape index (κ2) is 9.97. The molecule has 0 bridgehead atoms. The van der Waals surface area contributed by atoms with Gasteiger partial charge in [0.2, 0.25) is 0 Å². The zero-order valence-corrected chi connectivity index (χ0v) is 20.4. The van der Waals surface area contributed by atoms with E-state index in [1.807, 2.05) is 46.9 Å². The van der Waals surface area contributed by atoms with E-state index < -0.39 is 30.2 Å². The molecule has 0 fully saturated rings. The molecule has 38 heavy (non-hydrogen) atoms. The summed E-state index contributed by atoms with van der Waals surface area (Å²) in [7, 11) is 0. The maximum absolute atomic E-state index is 12.9. The van der Waals surface area contributed by atoms with Crippen LogP contribution in [-0.4, -0.2) is 51.1 Å². The second-order valence-corrected chi connectivity index (χ2v) is 9.18. The molecule has 1 aliphatic heterocycles. The number of halogens is 3. The van der Waals surface area contributed by atoms with E-state index in [9.17, 15) is 23.1 Å². The maximum Gasteiger partial charge on any atom is 0.414 e. The summed E-state index contributed by atoms with van der Waals surface area (Å²) in [5.41, 5.74) is 2.87. The number of para-hydroxylation sites is 1. The van der Waals surface area contributed by atoms with Crippen LogP contribution in [0.1, 0.15) is 35.7 Å². The number of alkyl halides is 3. The predicted molar refractivity (Wildman–Crippen MR) is 135 cm³/mol. The van der Waals surface area contributed by atoms with Gasteiger partial charge >= 0.3 is 12.1 Å². The highest BCUT2D eigenvalue weighted by molar-refractivity contribution is 6.00. The molecular formula is C27H24F3N5O3. The fourth-order valence-corrected chi connectivity index (χ4v) is 4.66. The number of aromatic nitrogens is 2. The monoisotopic (exact) mass is 523 g/mol. The van der Waals surface area contributed by atoms with E-state index in [4.69, 9.17) is 4.74 Å². The molecule has 0 amide bonds. The van der Waals surface area contributed by atoms with Crippen LogP contribution in [0.4, 0.5) is 13.2 Å². The van der Waals surface area contributed by atoms with Crippen LogP contribution >= 0.6 is 0 Å². The van der Waals surface area contributed by atoms with Gasteiger partial charge in [-0.1, -0.05) is 18.2 Å². The van der Waals surface area contributed by atoms with Crippen molar-refractivity contribution in [3.63, 3.8) is 0 Å². The fraction of sp³-hybridized carbons (Fsp3) is 0.296. The minimum atomic E-state index is -4.71. The van der Waals surface area contributed by atoms with Crippen LogP contribution in [0.5, 0.6) is 0 Å². The lowest BCUT2D eigenvalue weighted by molar-refractivity contribution is -0.206. The van der Waals surface area contributed by atoms with Gasteiger partial charge in [0.05, 0.1) is 29.6 Å². The summed E-state index contributed by atoms with van der Waals surface area (Å²) < 4.78 is 45.7. The largest absolute Gasteiger partial charge is 0.462 e. The zero-order chi connectivity index (χ0) is 26.9. The average molecular weight is 524 g/mol. The summed E-state index contributed by atoms with van der Waals surface area (Å²) in [4.78, 5) is 17.4. The number of nitrogens with zero attached hydrogens (tertiary/aromatic N) is 5. The summed E-state index contributed by atoms with van der Waals surface area (Å²) in [6.07, 6.45) is -2.67. The average Bonchev–Trinajstić information content (AvgIpc) is 3.51. The molecule has 5 rings (SSSR count). The number of ether oxygens (including phenoxy) is 1. The van der Waals surface area contributed by atoms with Crippen LogP contribution < -0.4 is 0 Å². The first-order valence-electron chi connectivity index (χ1n) is 12.1. The van der Waals surface area contributed by atoms with Gasteiger partial charge < -0.3 is 14.2 Å². The molecule has 8 nitrogen and oxygen atoms in total. The molecule has 2 unspecified atom stereocenters. The SMILES string of the molecule is CCOC(=O)c1cc2cc(CC3(CCC(O)C(F)(F)F)C=NN=N3)ccn2c1-c1cnc2ccccc2c1. The van der Waals surface area contributed by atoms with Gasteiger partial charge in [-0.2, -0.15) is 18.3 Å². The Kier molecular flexibility index (Phi) is 6.70. The van der Waals surface area contributed by atoms with Crippen molar-refractivity contribution in [3.05, 3.63) is 72.1 Å². The number of pyridine rings is 2. The third-order valence-electron chi connectivity index (χ3n) is 6.53. The van der Waals surface area contributed by atoms with Gasteiger partial charge in [0.15, 0.2) is 0 Å². The van der Waals surface area contributed by atoms with E-state index >= 15 is 0 Å². The lowest BCUT2D eigenvalue weighted by Crippen LogP contribution is -2.35. The quantitative estimate of drug-likeness (QED) is 0.297. The summed E-state index contributed by atoms with van der Waals surface area (Å²) in [5, 5.41) is 21.9. The highest BCUT2D eigenvalue weighted by Crippen LogP contribution is 2.33. The Hall–Kier alpha value is -4.12. The molecule has 2 atom stereocenters. The van der Waals surface area contributed by atoms with E-state index in [0.717, 1.165) is 22.0 Å². The molecule has 11 heteroatoms. The number of fused-ring (bicyclic) bond motifs is 2. The van der Waals surface area contributed by atoms with Crippen molar-refractivity contribution in [3.8, 4) is 11.3 Å². The molecule has 196 valence electrons. The van der Waals surface area contributed by atoms with Gasteiger partial charge in [0.25, 0.3) is 0 Å². The minimum Gasteiger partial charge on any atom is -0.462 e. The van der Waals surface area contributed by atoms with Crippen molar-refractivity contribution < 1.29 is 27.8 Å². The molecule has 0 aliphatic carbocycles. The van der Waals surface area contributed by atoms with Crippen molar-refractivity contribution >= 4 is 28.6 Å². The van der Waals surface area contributed by atoms with Gasteiger partial charge in [-0.25, -0.2) is 4.79 Å². The standard InChI is InChI=1S/C27H24F3N5O3/c1-2-38-25(37)21-13-20-11-17(14-26(16-32-34-33-26)9-7-23(36)27(28,29)30)8-10-35(20)24(21)19-12-18-5-3-4-6-22(18)31-15-19/h3-6,8,10-13,15-16,23,36H,2,7,9,14H2,1H3. The van der Waals surface area contributed by atoms with E-state index in [-0.39, 0.29) is 19.4 Å². The Labute approximate surface area is 215 Å². The van der Waals surface area contributed by atoms with Crippen molar-refractivity contribution in [2.45, 2.75) is 44.0 Å². The van der Waals surface area contributed by atoms with Crippen LogP contribution in [0.2, 0.25) is 0 Å². The van der Waals surface area contributed by atoms with Gasteiger partial charge in [0.1, 0.15) is 11.6 Å². The molecule has 3 aromatic heterocycles. The minimum absolute atomic E-state index is 0.0883. The first kappa shape index (κ1) is 25.5. The first-order chi connectivity index (χ1) is 18.2. The summed E-state index contributed by atoms with van der Waals surface area (Å²) in [6, 6.07) is 15.0. The highest BCUT2D eigenvalue weighted by atomic mass is 19.4. The number of carbonyl (C=O) groups excluding carboxylic acids is 1. The molecule has 0 saturated heterocycles. The lowest BCUT2D eigenvalue weighted by atomic mass is 9.87. The Morgan fingerprint density at radius 1 is 1.18 bits per heavy atom. The molecule has 4 heterocycles. The van der Waals surface area contributed by atoms with Crippen LogP contribution in [-0.2, 0) is 11.2 Å². The second-order valence-electron chi connectivity index (χ2n) is 9.18. The van der Waals surface area contributed by atoms with Crippen LogP contribution in [0, 0.1) is 0 Å². The Bertz CT molecular complexity index is 1550. The Balaban J connectivity index is 1.52. The maximum atomic E-state index is 12.9. The first-order valence-corrected chi connectivity index (χ1v) is 12.1. The van der Waals surface area contributed by atoms with Crippen LogP contribution in [0.25, 0.3) is 27.7 Å². The number of esters is 1. The summed E-state index contributed by atoms with van der Waals surface area (Å²) in [6.45, 7) is 1.94. The van der Waals surface area contributed by atoms with Gasteiger partial charge in [-0.3, -0.25) is 4.98 Å². The zero-order valence-electron chi connectivity index (χ0n) is 20.4. The Morgan fingerprint density at radius 3 is 2.74 bits per heavy atom. The summed E-state index contributed by atoms with van der Waals surface area (Å²) in [5.74, 6) is -0.477. The fourth-order valence-electron chi connectivity index (χ4n) is 4.66. The highest BCUT2D eigenvalue weighted by Gasteiger charge is 2.41. The number of carbonyl (C=O) groups is 1. The molecular weight excluding hydrogens is 499 g/mol. The lowest BCUT2D eigenvalue weighted by Gasteiger charge is -2.23. The molecule has 1 aromatic carbocycles. The third kappa shape index (κ3) is 5.01. The number of aliphatic hydroxyl groups excluding tert-OH is 1. The van der Waals surface area contributed by atoms with Crippen molar-refractivity contribution in [2.24, 2.45) is 15.4 Å². The number of aliphatic hydroxyl groups is 1. The molecule has 0 saturated carbocycles. The van der Waals surface area contributed by atoms with Crippen molar-refractivity contribution in [2.75, 3.05) is 6.61 Å². The van der Waals surface area contributed by atoms with Crippen molar-refractivity contribution in [1.29, 1.82) is 0 Å². The van der Waals surface area contributed by atoms with E-state index in [0.29, 0.717) is 16.8 Å². The number of hydrogen-bond donors (Lipinski definition) is 1.